The van der Waals surface area contributed by atoms with Crippen LogP contribution in [0.4, 0.5) is 0 Å². The molecule has 0 aromatic carbocycles. The van der Waals surface area contributed by atoms with Crippen LogP contribution in [0.2, 0.25) is 0 Å². The zero-order valence-corrected chi connectivity index (χ0v) is 10.0. The maximum Gasteiger partial charge on any atom is 0.316 e. The SMILES string of the molecule is CCCCCCOC(=O)C(C)C(=O)CC. The number of hydrogen-bond acceptors (Lipinski definition) is 3. The van der Waals surface area contributed by atoms with Crippen molar-refractivity contribution < 1.29 is 14.3 Å². The van der Waals surface area contributed by atoms with E-state index in [1.807, 2.05) is 0 Å². The van der Waals surface area contributed by atoms with Crippen molar-refractivity contribution in [3.8, 4) is 0 Å². The Morgan fingerprint density at radius 3 is 2.33 bits per heavy atom. The van der Waals surface area contributed by atoms with Crippen molar-refractivity contribution >= 4 is 11.8 Å². The Morgan fingerprint density at radius 1 is 1.13 bits per heavy atom. The van der Waals surface area contributed by atoms with Crippen molar-refractivity contribution in [2.75, 3.05) is 6.61 Å². The van der Waals surface area contributed by atoms with E-state index in [9.17, 15) is 9.59 Å². The van der Waals surface area contributed by atoms with Gasteiger partial charge in [-0.25, -0.2) is 0 Å². The summed E-state index contributed by atoms with van der Waals surface area (Å²) in [6.07, 6.45) is 4.71. The molecule has 0 fully saturated rings. The molecular formula is C12H22O3. The number of ketones is 1. The van der Waals surface area contributed by atoms with Gasteiger partial charge in [0.05, 0.1) is 6.61 Å². The molecule has 0 aliphatic rings. The van der Waals surface area contributed by atoms with Crippen LogP contribution in [-0.4, -0.2) is 18.4 Å². The van der Waals surface area contributed by atoms with Crippen LogP contribution in [0.5, 0.6) is 0 Å². The standard InChI is InChI=1S/C12H22O3/c1-4-6-7-8-9-15-12(14)10(3)11(13)5-2/h10H,4-9H2,1-3H3. The largest absolute Gasteiger partial charge is 0.465 e. The molecule has 0 spiro atoms. The highest BCUT2D eigenvalue weighted by atomic mass is 16.5. The summed E-state index contributed by atoms with van der Waals surface area (Å²) < 4.78 is 5.01. The van der Waals surface area contributed by atoms with Crippen molar-refractivity contribution in [2.45, 2.75) is 52.9 Å². The summed E-state index contributed by atoms with van der Waals surface area (Å²) in [4.78, 5) is 22.5. The first-order chi connectivity index (χ1) is 7.13. The Hall–Kier alpha value is -0.860. The fourth-order valence-electron chi connectivity index (χ4n) is 1.26. The monoisotopic (exact) mass is 214 g/mol. The van der Waals surface area contributed by atoms with Crippen LogP contribution in [0.15, 0.2) is 0 Å². The Bertz CT molecular complexity index is 199. The van der Waals surface area contributed by atoms with E-state index in [-0.39, 0.29) is 11.8 Å². The number of carbonyl (C=O) groups excluding carboxylic acids is 2. The third kappa shape index (κ3) is 6.26. The van der Waals surface area contributed by atoms with Crippen LogP contribution in [-0.2, 0) is 14.3 Å². The molecule has 0 bridgehead atoms. The highest BCUT2D eigenvalue weighted by Gasteiger charge is 2.20. The smallest absolute Gasteiger partial charge is 0.316 e. The molecule has 0 rings (SSSR count). The molecule has 0 aliphatic carbocycles. The molecule has 0 amide bonds. The lowest BCUT2D eigenvalue weighted by atomic mass is 10.1. The molecule has 88 valence electrons. The van der Waals surface area contributed by atoms with Crippen LogP contribution in [0.25, 0.3) is 0 Å². The molecule has 0 saturated carbocycles. The molecule has 0 saturated heterocycles. The molecule has 3 heteroatoms. The second kappa shape index (κ2) is 8.45. The van der Waals surface area contributed by atoms with Crippen molar-refractivity contribution in [3.05, 3.63) is 0 Å². The van der Waals surface area contributed by atoms with Crippen molar-refractivity contribution in [1.29, 1.82) is 0 Å². The van der Waals surface area contributed by atoms with Crippen LogP contribution in [0, 0.1) is 5.92 Å². The van der Waals surface area contributed by atoms with E-state index in [1.54, 1.807) is 13.8 Å². The second-order valence-electron chi connectivity index (χ2n) is 3.77. The first-order valence-corrected chi connectivity index (χ1v) is 5.82. The third-order valence-corrected chi connectivity index (χ3v) is 2.43. The number of hydrogen-bond donors (Lipinski definition) is 0. The normalized spacial score (nSPS) is 12.2. The third-order valence-electron chi connectivity index (χ3n) is 2.43. The van der Waals surface area contributed by atoms with E-state index in [4.69, 9.17) is 4.74 Å². The average Bonchev–Trinajstić information content (AvgIpc) is 2.26. The molecule has 0 N–H and O–H groups in total. The van der Waals surface area contributed by atoms with Gasteiger partial charge in [0, 0.05) is 6.42 Å². The molecule has 1 unspecified atom stereocenters. The average molecular weight is 214 g/mol. The van der Waals surface area contributed by atoms with Gasteiger partial charge in [-0.15, -0.1) is 0 Å². The van der Waals surface area contributed by atoms with Gasteiger partial charge in [0.1, 0.15) is 11.7 Å². The van der Waals surface area contributed by atoms with E-state index < -0.39 is 5.92 Å². The minimum Gasteiger partial charge on any atom is -0.465 e. The predicted octanol–water partition coefficient (Wildman–Crippen LogP) is 2.73. The lowest BCUT2D eigenvalue weighted by Crippen LogP contribution is -2.23. The Kier molecular flexibility index (Phi) is 7.96. The van der Waals surface area contributed by atoms with Gasteiger partial charge in [-0.05, 0) is 13.3 Å². The Morgan fingerprint density at radius 2 is 1.80 bits per heavy atom. The molecule has 0 aliphatic heterocycles. The Labute approximate surface area is 92.2 Å². The highest BCUT2D eigenvalue weighted by Crippen LogP contribution is 2.05. The molecule has 0 aromatic rings. The van der Waals surface area contributed by atoms with Crippen molar-refractivity contribution in [1.82, 2.24) is 0 Å². The number of rotatable bonds is 8. The molecule has 0 aromatic heterocycles. The molecule has 0 radical (unpaired) electrons. The summed E-state index contributed by atoms with van der Waals surface area (Å²) in [6, 6.07) is 0. The van der Waals surface area contributed by atoms with E-state index in [0.717, 1.165) is 12.8 Å². The van der Waals surface area contributed by atoms with Crippen LogP contribution in [0.1, 0.15) is 52.9 Å². The fraction of sp³-hybridized carbons (Fsp3) is 0.833. The summed E-state index contributed by atoms with van der Waals surface area (Å²) >= 11 is 0. The minimum absolute atomic E-state index is 0.0476. The first-order valence-electron chi connectivity index (χ1n) is 5.82. The maximum atomic E-state index is 11.3. The number of ether oxygens (including phenoxy) is 1. The van der Waals surface area contributed by atoms with Gasteiger partial charge >= 0.3 is 5.97 Å². The van der Waals surface area contributed by atoms with E-state index in [0.29, 0.717) is 13.0 Å². The Balaban J connectivity index is 3.60. The van der Waals surface area contributed by atoms with Gasteiger partial charge in [-0.2, -0.15) is 0 Å². The van der Waals surface area contributed by atoms with Crippen molar-refractivity contribution in [2.24, 2.45) is 5.92 Å². The van der Waals surface area contributed by atoms with Crippen LogP contribution in [0.3, 0.4) is 0 Å². The molecule has 15 heavy (non-hydrogen) atoms. The summed E-state index contributed by atoms with van der Waals surface area (Å²) in [5.41, 5.74) is 0. The van der Waals surface area contributed by atoms with Gasteiger partial charge in [0.2, 0.25) is 0 Å². The maximum absolute atomic E-state index is 11.3. The summed E-state index contributed by atoms with van der Waals surface area (Å²) in [5, 5.41) is 0. The molecule has 0 heterocycles. The van der Waals surface area contributed by atoms with Gasteiger partial charge in [-0.1, -0.05) is 33.1 Å². The molecule has 1 atom stereocenters. The lowest BCUT2D eigenvalue weighted by Gasteiger charge is -2.09. The summed E-state index contributed by atoms with van der Waals surface area (Å²) in [5.74, 6) is -1.02. The van der Waals surface area contributed by atoms with Crippen molar-refractivity contribution in [3.63, 3.8) is 0 Å². The van der Waals surface area contributed by atoms with Crippen LogP contribution >= 0.6 is 0 Å². The van der Waals surface area contributed by atoms with Gasteiger partial charge < -0.3 is 4.74 Å². The lowest BCUT2D eigenvalue weighted by molar-refractivity contribution is -0.151. The van der Waals surface area contributed by atoms with Gasteiger partial charge in [0.25, 0.3) is 0 Å². The molecular weight excluding hydrogens is 192 g/mol. The topological polar surface area (TPSA) is 43.4 Å². The summed E-state index contributed by atoms with van der Waals surface area (Å²) in [7, 11) is 0. The van der Waals surface area contributed by atoms with E-state index in [2.05, 4.69) is 6.92 Å². The predicted molar refractivity (Wildman–Crippen MR) is 59.6 cm³/mol. The number of unbranched alkanes of at least 4 members (excludes halogenated alkanes) is 3. The van der Waals surface area contributed by atoms with Crippen LogP contribution < -0.4 is 0 Å². The van der Waals surface area contributed by atoms with Gasteiger partial charge in [0.15, 0.2) is 0 Å². The fourth-order valence-corrected chi connectivity index (χ4v) is 1.26. The number of esters is 1. The summed E-state index contributed by atoms with van der Waals surface area (Å²) in [6.45, 7) is 5.95. The zero-order valence-electron chi connectivity index (χ0n) is 10.0. The second-order valence-corrected chi connectivity index (χ2v) is 3.77. The zero-order chi connectivity index (χ0) is 11.7. The number of carbonyl (C=O) groups is 2. The number of Topliss-reactive ketones (excluding diaryl/α,β-unsaturated/α-hetero) is 1. The quantitative estimate of drug-likeness (QED) is 0.354. The first kappa shape index (κ1) is 14.1. The van der Waals surface area contributed by atoms with Gasteiger partial charge in [-0.3, -0.25) is 9.59 Å². The highest BCUT2D eigenvalue weighted by molar-refractivity contribution is 5.98. The minimum atomic E-state index is -0.596. The molecule has 3 nitrogen and oxygen atoms in total. The van der Waals surface area contributed by atoms with E-state index >= 15 is 0 Å². The van der Waals surface area contributed by atoms with E-state index in [1.165, 1.54) is 12.8 Å².